The monoisotopic (exact) mass is 323 g/mol. The molecule has 1 rings (SSSR count). The minimum Gasteiger partial charge on any atom is -0.493 e. The van der Waals surface area contributed by atoms with Crippen LogP contribution >= 0.6 is 0 Å². The first-order chi connectivity index (χ1) is 10.8. The van der Waals surface area contributed by atoms with Gasteiger partial charge in [-0.25, -0.2) is 0 Å². The van der Waals surface area contributed by atoms with E-state index in [-0.39, 0.29) is 5.92 Å². The number of nitrogens with two attached hydrogens (primary N) is 1. The molecule has 5 nitrogen and oxygen atoms in total. The molecule has 0 saturated heterocycles. The standard InChI is InChI=1S/C18H29NO4/c1-5-22-15-8-7-9-16(23-6-2)14(15)11-10-13(3)12-18(4,19)17(20)21/h7-9,13H,5-6,10-12,19H2,1-4H3,(H,20,21). The molecule has 1 aromatic carbocycles. The molecule has 2 atom stereocenters. The number of hydrogen-bond donors (Lipinski definition) is 2. The van der Waals surface area contributed by atoms with Gasteiger partial charge in [0.05, 0.1) is 13.2 Å². The van der Waals surface area contributed by atoms with Gasteiger partial charge in [0.25, 0.3) is 0 Å². The van der Waals surface area contributed by atoms with Crippen molar-refractivity contribution in [3.05, 3.63) is 23.8 Å². The summed E-state index contributed by atoms with van der Waals surface area (Å²) in [6.45, 7) is 8.68. The van der Waals surface area contributed by atoms with Crippen LogP contribution in [0.1, 0.15) is 46.1 Å². The maximum atomic E-state index is 11.1. The maximum absolute atomic E-state index is 11.1. The van der Waals surface area contributed by atoms with E-state index in [4.69, 9.17) is 20.3 Å². The van der Waals surface area contributed by atoms with Gasteiger partial charge < -0.3 is 20.3 Å². The van der Waals surface area contributed by atoms with Gasteiger partial charge in [0.2, 0.25) is 0 Å². The lowest BCUT2D eigenvalue weighted by Gasteiger charge is -2.24. The molecule has 5 heteroatoms. The normalized spacial score (nSPS) is 14.8. The van der Waals surface area contributed by atoms with E-state index >= 15 is 0 Å². The maximum Gasteiger partial charge on any atom is 0.323 e. The number of benzene rings is 1. The number of carboxylic acid groups (broad SMARTS) is 1. The number of carbonyl (C=O) groups is 1. The fraction of sp³-hybridized carbons (Fsp3) is 0.611. The molecule has 3 N–H and O–H groups in total. The van der Waals surface area contributed by atoms with Crippen LogP contribution in [0.5, 0.6) is 11.5 Å². The highest BCUT2D eigenvalue weighted by Crippen LogP contribution is 2.31. The van der Waals surface area contributed by atoms with Crippen molar-refractivity contribution < 1.29 is 19.4 Å². The molecule has 0 amide bonds. The highest BCUT2D eigenvalue weighted by atomic mass is 16.5. The van der Waals surface area contributed by atoms with Gasteiger partial charge in [-0.15, -0.1) is 0 Å². The SMILES string of the molecule is CCOc1cccc(OCC)c1CCC(C)CC(C)(N)C(=O)O. The average Bonchev–Trinajstić information content (AvgIpc) is 2.46. The van der Waals surface area contributed by atoms with Crippen LogP contribution in [0.3, 0.4) is 0 Å². The Morgan fingerprint density at radius 2 is 1.78 bits per heavy atom. The van der Waals surface area contributed by atoms with E-state index in [1.54, 1.807) is 6.92 Å². The van der Waals surface area contributed by atoms with Crippen molar-refractivity contribution in [1.82, 2.24) is 0 Å². The minimum absolute atomic E-state index is 0.185. The van der Waals surface area contributed by atoms with E-state index in [0.29, 0.717) is 19.6 Å². The predicted octanol–water partition coefficient (Wildman–Crippen LogP) is 3.24. The lowest BCUT2D eigenvalue weighted by molar-refractivity contribution is -0.143. The Bertz CT molecular complexity index is 489. The predicted molar refractivity (Wildman–Crippen MR) is 91.1 cm³/mol. The van der Waals surface area contributed by atoms with Crippen LogP contribution in [0.15, 0.2) is 18.2 Å². The molecule has 1 aromatic rings. The van der Waals surface area contributed by atoms with Crippen LogP contribution < -0.4 is 15.2 Å². The van der Waals surface area contributed by atoms with Gasteiger partial charge in [-0.3, -0.25) is 4.79 Å². The lowest BCUT2D eigenvalue weighted by atomic mass is 9.87. The zero-order valence-electron chi connectivity index (χ0n) is 14.6. The van der Waals surface area contributed by atoms with Crippen molar-refractivity contribution in [2.24, 2.45) is 11.7 Å². The van der Waals surface area contributed by atoms with Crippen LogP contribution in [-0.4, -0.2) is 29.8 Å². The number of hydrogen-bond acceptors (Lipinski definition) is 4. The summed E-state index contributed by atoms with van der Waals surface area (Å²) < 4.78 is 11.4. The molecule has 0 saturated carbocycles. The van der Waals surface area contributed by atoms with Crippen molar-refractivity contribution in [2.75, 3.05) is 13.2 Å². The zero-order chi connectivity index (χ0) is 17.5. The molecule has 0 aromatic heterocycles. The zero-order valence-corrected chi connectivity index (χ0v) is 14.6. The quantitative estimate of drug-likeness (QED) is 0.691. The smallest absolute Gasteiger partial charge is 0.323 e. The number of ether oxygens (including phenoxy) is 2. The summed E-state index contributed by atoms with van der Waals surface area (Å²) in [6.07, 6.45) is 2.02. The Morgan fingerprint density at radius 3 is 2.22 bits per heavy atom. The van der Waals surface area contributed by atoms with Crippen molar-refractivity contribution in [2.45, 2.75) is 52.5 Å². The van der Waals surface area contributed by atoms with Gasteiger partial charge in [0, 0.05) is 5.56 Å². The Kier molecular flexibility index (Phi) is 7.36. The second-order valence-corrected chi connectivity index (χ2v) is 6.17. The number of aliphatic carboxylic acids is 1. The highest BCUT2D eigenvalue weighted by Gasteiger charge is 2.29. The topological polar surface area (TPSA) is 81.8 Å². The third kappa shape index (κ3) is 5.75. The second kappa shape index (κ2) is 8.77. The molecule has 0 spiro atoms. The van der Waals surface area contributed by atoms with E-state index in [1.165, 1.54) is 0 Å². The van der Waals surface area contributed by atoms with E-state index in [2.05, 4.69) is 0 Å². The molecule has 23 heavy (non-hydrogen) atoms. The van der Waals surface area contributed by atoms with Crippen LogP contribution in [0.25, 0.3) is 0 Å². The molecular weight excluding hydrogens is 294 g/mol. The van der Waals surface area contributed by atoms with Crippen LogP contribution in [0.2, 0.25) is 0 Å². The highest BCUT2D eigenvalue weighted by molar-refractivity contribution is 5.77. The van der Waals surface area contributed by atoms with Gasteiger partial charge >= 0.3 is 5.97 Å². The molecule has 0 fully saturated rings. The first kappa shape index (κ1) is 19.3. The van der Waals surface area contributed by atoms with Crippen molar-refractivity contribution >= 4 is 5.97 Å². The number of rotatable bonds is 10. The largest absolute Gasteiger partial charge is 0.493 e. The molecule has 0 aliphatic carbocycles. The molecule has 2 unspecified atom stereocenters. The molecule has 0 heterocycles. The third-order valence-electron chi connectivity index (χ3n) is 3.84. The summed E-state index contributed by atoms with van der Waals surface area (Å²) in [6, 6.07) is 5.80. The van der Waals surface area contributed by atoms with Gasteiger partial charge in [-0.05, 0) is 58.1 Å². The van der Waals surface area contributed by atoms with Gasteiger partial charge in [-0.1, -0.05) is 13.0 Å². The first-order valence-electron chi connectivity index (χ1n) is 8.21. The Morgan fingerprint density at radius 1 is 1.26 bits per heavy atom. The molecule has 0 radical (unpaired) electrons. The third-order valence-corrected chi connectivity index (χ3v) is 3.84. The summed E-state index contributed by atoms with van der Waals surface area (Å²) in [5.74, 6) is 0.887. The summed E-state index contributed by atoms with van der Waals surface area (Å²) >= 11 is 0. The van der Waals surface area contributed by atoms with Crippen molar-refractivity contribution in [3.63, 3.8) is 0 Å². The number of carboxylic acids is 1. The van der Waals surface area contributed by atoms with Crippen LogP contribution in [-0.2, 0) is 11.2 Å². The van der Waals surface area contributed by atoms with Gasteiger partial charge in [0.15, 0.2) is 0 Å². The Hall–Kier alpha value is -1.75. The Labute approximate surface area is 138 Å². The molecule has 130 valence electrons. The second-order valence-electron chi connectivity index (χ2n) is 6.17. The van der Waals surface area contributed by atoms with E-state index in [9.17, 15) is 4.79 Å². The molecule has 0 aliphatic heterocycles. The van der Waals surface area contributed by atoms with E-state index in [1.807, 2.05) is 39.0 Å². The first-order valence-corrected chi connectivity index (χ1v) is 8.21. The van der Waals surface area contributed by atoms with Gasteiger partial charge in [-0.2, -0.15) is 0 Å². The fourth-order valence-electron chi connectivity index (χ4n) is 2.68. The van der Waals surface area contributed by atoms with Crippen molar-refractivity contribution in [1.29, 1.82) is 0 Å². The van der Waals surface area contributed by atoms with Crippen molar-refractivity contribution in [3.8, 4) is 11.5 Å². The summed E-state index contributed by atoms with van der Waals surface area (Å²) in [5, 5.41) is 9.14. The molecule has 0 aliphatic rings. The average molecular weight is 323 g/mol. The van der Waals surface area contributed by atoms with Gasteiger partial charge in [0.1, 0.15) is 17.0 Å². The molecule has 0 bridgehead atoms. The summed E-state index contributed by atoms with van der Waals surface area (Å²) in [5.41, 5.74) is 5.68. The van der Waals surface area contributed by atoms with E-state index in [0.717, 1.165) is 29.9 Å². The van der Waals surface area contributed by atoms with Crippen LogP contribution in [0.4, 0.5) is 0 Å². The summed E-state index contributed by atoms with van der Waals surface area (Å²) in [7, 11) is 0. The lowest BCUT2D eigenvalue weighted by Crippen LogP contribution is -2.46. The van der Waals surface area contributed by atoms with Crippen LogP contribution in [0, 0.1) is 5.92 Å². The fourth-order valence-corrected chi connectivity index (χ4v) is 2.68. The Balaban J connectivity index is 2.81. The van der Waals surface area contributed by atoms with E-state index < -0.39 is 11.5 Å². The molecular formula is C18H29NO4. The minimum atomic E-state index is -1.19. The summed E-state index contributed by atoms with van der Waals surface area (Å²) in [4.78, 5) is 11.1.